The van der Waals surface area contributed by atoms with Crippen LogP contribution in [0, 0.1) is 5.92 Å². The van der Waals surface area contributed by atoms with E-state index in [0.29, 0.717) is 38.1 Å². The zero-order valence-electron chi connectivity index (χ0n) is 11.8. The molecule has 0 aliphatic heterocycles. The topological polar surface area (TPSA) is 49.6 Å². The fourth-order valence-corrected chi connectivity index (χ4v) is 2.23. The fraction of sp³-hybridized carbons (Fsp3) is 0.643. The Labute approximate surface area is 122 Å². The molecule has 0 aromatic carbocycles. The maximum Gasteiger partial charge on any atom is 0.237 e. The van der Waals surface area contributed by atoms with Gasteiger partial charge in [-0.25, -0.2) is 0 Å². The second-order valence-electron chi connectivity index (χ2n) is 4.93. The number of nitrogens with two attached hydrogens (primary N) is 1. The minimum absolute atomic E-state index is 0. The van der Waals surface area contributed by atoms with Gasteiger partial charge in [0.25, 0.3) is 0 Å². The van der Waals surface area contributed by atoms with Gasteiger partial charge in [-0.2, -0.15) is 0 Å². The van der Waals surface area contributed by atoms with E-state index in [1.165, 1.54) is 12.8 Å². The van der Waals surface area contributed by atoms with Crippen LogP contribution in [0.25, 0.3) is 0 Å². The van der Waals surface area contributed by atoms with Gasteiger partial charge in [0.2, 0.25) is 5.91 Å². The lowest BCUT2D eigenvalue weighted by Gasteiger charge is -2.29. The molecule has 0 radical (unpaired) electrons. The van der Waals surface area contributed by atoms with E-state index in [9.17, 15) is 4.79 Å². The molecule has 0 aromatic rings. The van der Waals surface area contributed by atoms with Crippen molar-refractivity contribution in [2.24, 2.45) is 11.7 Å². The molecule has 2 N–H and O–H groups in total. The van der Waals surface area contributed by atoms with Crippen LogP contribution in [0.4, 0.5) is 0 Å². The van der Waals surface area contributed by atoms with Crippen molar-refractivity contribution in [2.75, 3.05) is 33.2 Å². The summed E-state index contributed by atoms with van der Waals surface area (Å²) in [5, 5.41) is 0. The van der Waals surface area contributed by atoms with Crippen molar-refractivity contribution in [3.8, 4) is 0 Å². The SMILES string of the molecule is C=CCN(CC=C)C(=O)CN(C)C(CN)C1CC1.Cl. The molecular formula is C14H26ClN3O. The molecular weight excluding hydrogens is 262 g/mol. The molecule has 0 spiro atoms. The highest BCUT2D eigenvalue weighted by molar-refractivity contribution is 5.85. The fourth-order valence-electron chi connectivity index (χ4n) is 2.23. The molecule has 110 valence electrons. The van der Waals surface area contributed by atoms with E-state index in [1.54, 1.807) is 17.1 Å². The molecule has 5 heteroatoms. The molecule has 19 heavy (non-hydrogen) atoms. The minimum Gasteiger partial charge on any atom is -0.334 e. The van der Waals surface area contributed by atoms with Crippen LogP contribution >= 0.6 is 12.4 Å². The van der Waals surface area contributed by atoms with E-state index < -0.39 is 0 Å². The van der Waals surface area contributed by atoms with Gasteiger partial charge in [0.05, 0.1) is 6.54 Å². The molecule has 4 nitrogen and oxygen atoms in total. The quantitative estimate of drug-likeness (QED) is 0.650. The van der Waals surface area contributed by atoms with Gasteiger partial charge in [-0.15, -0.1) is 25.6 Å². The third kappa shape index (κ3) is 5.76. The summed E-state index contributed by atoms with van der Waals surface area (Å²) in [6.45, 7) is 9.51. The van der Waals surface area contributed by atoms with E-state index >= 15 is 0 Å². The summed E-state index contributed by atoms with van der Waals surface area (Å²) < 4.78 is 0. The van der Waals surface area contributed by atoms with Crippen molar-refractivity contribution in [3.05, 3.63) is 25.3 Å². The van der Waals surface area contributed by atoms with Gasteiger partial charge < -0.3 is 10.6 Å². The van der Waals surface area contributed by atoms with Crippen LogP contribution in [-0.4, -0.2) is 55.0 Å². The predicted molar refractivity (Wildman–Crippen MR) is 82.4 cm³/mol. The lowest BCUT2D eigenvalue weighted by molar-refractivity contribution is -0.131. The van der Waals surface area contributed by atoms with Crippen molar-refractivity contribution >= 4 is 18.3 Å². The molecule has 1 rings (SSSR count). The number of rotatable bonds is 9. The first kappa shape index (κ1) is 18.2. The average molecular weight is 288 g/mol. The summed E-state index contributed by atoms with van der Waals surface area (Å²) in [7, 11) is 1.98. The molecule has 0 aromatic heterocycles. The van der Waals surface area contributed by atoms with Gasteiger partial charge in [-0.05, 0) is 25.8 Å². The first-order valence-electron chi connectivity index (χ1n) is 6.53. The van der Waals surface area contributed by atoms with E-state index in [1.807, 2.05) is 7.05 Å². The second-order valence-corrected chi connectivity index (χ2v) is 4.93. The maximum atomic E-state index is 12.1. The summed E-state index contributed by atoms with van der Waals surface area (Å²) in [5.41, 5.74) is 5.78. The van der Waals surface area contributed by atoms with Crippen LogP contribution in [0.1, 0.15) is 12.8 Å². The third-order valence-electron chi connectivity index (χ3n) is 3.41. The van der Waals surface area contributed by atoms with Crippen LogP contribution in [0.5, 0.6) is 0 Å². The van der Waals surface area contributed by atoms with Crippen LogP contribution in [0.15, 0.2) is 25.3 Å². The average Bonchev–Trinajstić information content (AvgIpc) is 3.14. The number of halogens is 1. The highest BCUT2D eigenvalue weighted by atomic mass is 35.5. The minimum atomic E-state index is 0. The Balaban J connectivity index is 0.00000324. The first-order chi connectivity index (χ1) is 8.63. The van der Waals surface area contributed by atoms with E-state index in [-0.39, 0.29) is 18.3 Å². The molecule has 1 unspecified atom stereocenters. The smallest absolute Gasteiger partial charge is 0.237 e. The van der Waals surface area contributed by atoms with Gasteiger partial charge in [0.15, 0.2) is 0 Å². The number of carbonyl (C=O) groups excluding carboxylic acids is 1. The first-order valence-corrected chi connectivity index (χ1v) is 6.53. The molecule has 1 aliphatic rings. The lowest BCUT2D eigenvalue weighted by Crippen LogP contribution is -2.46. The lowest BCUT2D eigenvalue weighted by atomic mass is 10.1. The van der Waals surface area contributed by atoms with Crippen LogP contribution in [-0.2, 0) is 4.79 Å². The molecule has 0 saturated heterocycles. The number of carbonyl (C=O) groups is 1. The maximum absolute atomic E-state index is 12.1. The Morgan fingerprint density at radius 2 is 1.89 bits per heavy atom. The molecule has 0 bridgehead atoms. The Morgan fingerprint density at radius 3 is 2.26 bits per heavy atom. The normalized spacial score (nSPS) is 15.5. The molecule has 0 heterocycles. The number of hydrogen-bond acceptors (Lipinski definition) is 3. The van der Waals surface area contributed by atoms with Crippen molar-refractivity contribution in [3.63, 3.8) is 0 Å². The van der Waals surface area contributed by atoms with Gasteiger partial charge in [0, 0.05) is 25.7 Å². The summed E-state index contributed by atoms with van der Waals surface area (Å²) in [6.07, 6.45) is 5.96. The predicted octanol–water partition coefficient (Wildman–Crippen LogP) is 1.28. The van der Waals surface area contributed by atoms with Crippen molar-refractivity contribution in [1.29, 1.82) is 0 Å². The number of nitrogens with zero attached hydrogens (tertiary/aromatic N) is 2. The summed E-state index contributed by atoms with van der Waals surface area (Å²) in [5.74, 6) is 0.788. The number of likely N-dealkylation sites (N-methyl/N-ethyl adjacent to an activating group) is 1. The van der Waals surface area contributed by atoms with Crippen LogP contribution < -0.4 is 5.73 Å². The molecule has 1 saturated carbocycles. The highest BCUT2D eigenvalue weighted by Crippen LogP contribution is 2.34. The van der Waals surface area contributed by atoms with Gasteiger partial charge in [-0.1, -0.05) is 12.2 Å². The third-order valence-corrected chi connectivity index (χ3v) is 3.41. The molecule has 1 amide bonds. The Kier molecular flexibility index (Phi) is 8.72. The van der Waals surface area contributed by atoms with E-state index in [0.717, 1.165) is 0 Å². The van der Waals surface area contributed by atoms with Gasteiger partial charge >= 0.3 is 0 Å². The van der Waals surface area contributed by atoms with Crippen molar-refractivity contribution in [1.82, 2.24) is 9.80 Å². The van der Waals surface area contributed by atoms with Crippen LogP contribution in [0.3, 0.4) is 0 Å². The second kappa shape index (κ2) is 9.13. The zero-order valence-corrected chi connectivity index (χ0v) is 12.6. The zero-order chi connectivity index (χ0) is 13.5. The highest BCUT2D eigenvalue weighted by Gasteiger charge is 2.33. The van der Waals surface area contributed by atoms with Gasteiger partial charge in [-0.3, -0.25) is 9.69 Å². The number of amides is 1. The molecule has 1 atom stereocenters. The van der Waals surface area contributed by atoms with Crippen molar-refractivity contribution < 1.29 is 4.79 Å². The summed E-state index contributed by atoms with van der Waals surface area (Å²) in [4.78, 5) is 16.0. The Bertz CT molecular complexity index is 295. The molecule has 1 fully saturated rings. The van der Waals surface area contributed by atoms with Crippen LogP contribution in [0.2, 0.25) is 0 Å². The van der Waals surface area contributed by atoms with E-state index in [2.05, 4.69) is 18.1 Å². The summed E-state index contributed by atoms with van der Waals surface area (Å²) >= 11 is 0. The Morgan fingerprint density at radius 1 is 1.37 bits per heavy atom. The van der Waals surface area contributed by atoms with Gasteiger partial charge in [0.1, 0.15) is 0 Å². The molecule has 1 aliphatic carbocycles. The van der Waals surface area contributed by atoms with Crippen molar-refractivity contribution in [2.45, 2.75) is 18.9 Å². The standard InChI is InChI=1S/C14H25N3O.ClH/c1-4-8-17(9-5-2)14(18)11-16(3)13(10-15)12-6-7-12;/h4-5,12-13H,1-2,6-11,15H2,3H3;1H. The largest absolute Gasteiger partial charge is 0.334 e. The Hall–Kier alpha value is -0.840. The summed E-state index contributed by atoms with van der Waals surface area (Å²) in [6, 6.07) is 0.336. The number of hydrogen-bond donors (Lipinski definition) is 1. The van der Waals surface area contributed by atoms with E-state index in [4.69, 9.17) is 5.73 Å². The monoisotopic (exact) mass is 287 g/mol.